The van der Waals surface area contributed by atoms with Crippen LogP contribution in [-0.2, 0) is 4.74 Å². The van der Waals surface area contributed by atoms with Gasteiger partial charge in [0.05, 0.1) is 13.2 Å². The minimum absolute atomic E-state index is 0.935. The second-order valence-electron chi connectivity index (χ2n) is 6.01. The third-order valence-corrected chi connectivity index (χ3v) is 4.17. The lowest BCUT2D eigenvalue weighted by Gasteiger charge is -2.34. The second-order valence-corrected chi connectivity index (χ2v) is 6.01. The first-order valence-electron chi connectivity index (χ1n) is 9.24. The van der Waals surface area contributed by atoms with Gasteiger partial charge in [-0.15, -0.1) is 0 Å². The second kappa shape index (κ2) is 14.8. The van der Waals surface area contributed by atoms with Gasteiger partial charge in [0.2, 0.25) is 0 Å². The van der Waals surface area contributed by atoms with Crippen molar-refractivity contribution < 1.29 is 4.74 Å². The summed E-state index contributed by atoms with van der Waals surface area (Å²) in [5, 5.41) is 0. The molecule has 0 aromatic heterocycles. The Morgan fingerprint density at radius 3 is 1.86 bits per heavy atom. The van der Waals surface area contributed by atoms with Crippen LogP contribution in [0, 0.1) is 5.92 Å². The Hall–Kier alpha value is -0.120. The first-order chi connectivity index (χ1) is 10.3. The van der Waals surface area contributed by atoms with Gasteiger partial charge in [0.1, 0.15) is 0 Å². The molecule has 0 atom stereocenters. The van der Waals surface area contributed by atoms with Gasteiger partial charge in [-0.05, 0) is 38.9 Å². The summed E-state index contributed by atoms with van der Waals surface area (Å²) >= 11 is 0. The van der Waals surface area contributed by atoms with Crippen molar-refractivity contribution in [3.8, 4) is 0 Å². The highest BCUT2D eigenvalue weighted by Gasteiger charge is 2.20. The number of rotatable bonds is 4. The largest absolute Gasteiger partial charge is 0.379 e. The van der Waals surface area contributed by atoms with Crippen LogP contribution in [0.25, 0.3) is 0 Å². The molecular formula is C18H40N2O. The fourth-order valence-electron chi connectivity index (χ4n) is 2.75. The number of piperidine rings is 1. The molecule has 0 saturated carbocycles. The van der Waals surface area contributed by atoms with E-state index in [1.54, 1.807) is 0 Å². The van der Waals surface area contributed by atoms with E-state index >= 15 is 0 Å². The van der Waals surface area contributed by atoms with Gasteiger partial charge < -0.3 is 9.64 Å². The molecule has 0 aromatic carbocycles. The van der Waals surface area contributed by atoms with Crippen LogP contribution in [0.3, 0.4) is 0 Å². The van der Waals surface area contributed by atoms with Crippen molar-refractivity contribution in [1.82, 2.24) is 9.80 Å². The molecule has 2 saturated heterocycles. The summed E-state index contributed by atoms with van der Waals surface area (Å²) in [7, 11) is 2.23. The molecule has 0 unspecified atom stereocenters. The first kappa shape index (κ1) is 20.9. The summed E-state index contributed by atoms with van der Waals surface area (Å²) < 4.78 is 5.36. The number of nitrogens with zero attached hydrogens (tertiary/aromatic N) is 2. The van der Waals surface area contributed by atoms with E-state index in [1.165, 1.54) is 51.7 Å². The summed E-state index contributed by atoms with van der Waals surface area (Å²) in [4.78, 5) is 5.01. The zero-order valence-corrected chi connectivity index (χ0v) is 15.4. The Morgan fingerprint density at radius 2 is 1.43 bits per heavy atom. The number of hydrogen-bond donors (Lipinski definition) is 0. The summed E-state index contributed by atoms with van der Waals surface area (Å²) in [6.07, 6.45) is 6.84. The number of ether oxygens (including phenoxy) is 1. The van der Waals surface area contributed by atoms with Crippen molar-refractivity contribution in [2.45, 2.75) is 59.8 Å². The van der Waals surface area contributed by atoms with Gasteiger partial charge in [0, 0.05) is 19.6 Å². The lowest BCUT2D eigenvalue weighted by molar-refractivity contribution is 0.0255. The van der Waals surface area contributed by atoms with Gasteiger partial charge in [-0.1, -0.05) is 47.0 Å². The van der Waals surface area contributed by atoms with E-state index in [-0.39, 0.29) is 0 Å². The summed E-state index contributed by atoms with van der Waals surface area (Å²) in [5.74, 6) is 0.935. The molecule has 21 heavy (non-hydrogen) atoms. The van der Waals surface area contributed by atoms with Crippen molar-refractivity contribution >= 4 is 0 Å². The minimum Gasteiger partial charge on any atom is -0.379 e. The molecule has 0 spiro atoms. The first-order valence-corrected chi connectivity index (χ1v) is 9.24. The van der Waals surface area contributed by atoms with Crippen molar-refractivity contribution in [2.24, 2.45) is 5.92 Å². The highest BCUT2D eigenvalue weighted by atomic mass is 16.5. The summed E-state index contributed by atoms with van der Waals surface area (Å²) in [5.41, 5.74) is 0. The van der Waals surface area contributed by atoms with Crippen LogP contribution in [0.4, 0.5) is 0 Å². The van der Waals surface area contributed by atoms with Gasteiger partial charge in [-0.25, -0.2) is 0 Å². The van der Waals surface area contributed by atoms with E-state index < -0.39 is 0 Å². The lowest BCUT2D eigenvalue weighted by Crippen LogP contribution is -2.42. The highest BCUT2D eigenvalue weighted by Crippen LogP contribution is 2.17. The zero-order chi connectivity index (χ0) is 15.9. The molecule has 0 bridgehead atoms. The molecule has 2 heterocycles. The molecule has 128 valence electrons. The molecule has 0 aromatic rings. The zero-order valence-electron chi connectivity index (χ0n) is 15.4. The quantitative estimate of drug-likeness (QED) is 0.783. The Balaban J connectivity index is 0.000000489. The van der Waals surface area contributed by atoms with Crippen LogP contribution in [0.1, 0.15) is 59.8 Å². The maximum Gasteiger partial charge on any atom is 0.0594 e. The molecule has 0 radical (unpaired) electrons. The molecule has 3 nitrogen and oxygen atoms in total. The van der Waals surface area contributed by atoms with Crippen LogP contribution in [0.2, 0.25) is 0 Å². The average molecular weight is 301 g/mol. The molecule has 3 heteroatoms. The minimum atomic E-state index is 0.935. The average Bonchev–Trinajstić information content (AvgIpc) is 2.54. The van der Waals surface area contributed by atoms with Crippen LogP contribution < -0.4 is 0 Å². The monoisotopic (exact) mass is 300 g/mol. The van der Waals surface area contributed by atoms with Crippen LogP contribution in [0.15, 0.2) is 0 Å². The van der Waals surface area contributed by atoms with Crippen molar-refractivity contribution in [3.05, 3.63) is 0 Å². The number of hydrogen-bond acceptors (Lipinski definition) is 3. The predicted molar refractivity (Wildman–Crippen MR) is 94.0 cm³/mol. The number of likely N-dealkylation sites (tertiary alicyclic amines) is 1. The van der Waals surface area contributed by atoms with E-state index in [4.69, 9.17) is 4.74 Å². The Kier molecular flexibility index (Phi) is 14.7. The molecule has 0 aliphatic carbocycles. The fourth-order valence-corrected chi connectivity index (χ4v) is 2.75. The van der Waals surface area contributed by atoms with E-state index in [1.807, 2.05) is 13.8 Å². The van der Waals surface area contributed by atoms with Crippen molar-refractivity contribution in [1.29, 1.82) is 0 Å². The SMILES string of the molecule is CC.CCCCC.CN1CCC(CN2CCOCC2)CC1. The molecular weight excluding hydrogens is 260 g/mol. The molecule has 0 amide bonds. The highest BCUT2D eigenvalue weighted by molar-refractivity contribution is 4.74. The Bertz CT molecular complexity index is 195. The number of unbranched alkanes of at least 4 members (excludes halogenated alkanes) is 2. The Labute approximate surface area is 134 Å². The maximum atomic E-state index is 5.36. The summed E-state index contributed by atoms with van der Waals surface area (Å²) in [6, 6.07) is 0. The predicted octanol–water partition coefficient (Wildman–Crippen LogP) is 3.88. The fraction of sp³-hybridized carbons (Fsp3) is 1.00. The molecule has 2 aliphatic rings. The van der Waals surface area contributed by atoms with Crippen LogP contribution in [-0.4, -0.2) is 62.8 Å². The van der Waals surface area contributed by atoms with Crippen LogP contribution >= 0.6 is 0 Å². The third kappa shape index (κ3) is 11.1. The van der Waals surface area contributed by atoms with Crippen LogP contribution in [0.5, 0.6) is 0 Å². The number of morpholine rings is 1. The van der Waals surface area contributed by atoms with E-state index in [0.717, 1.165) is 32.2 Å². The molecule has 2 rings (SSSR count). The molecule has 2 fully saturated rings. The van der Waals surface area contributed by atoms with E-state index in [2.05, 4.69) is 30.7 Å². The van der Waals surface area contributed by atoms with Crippen molar-refractivity contribution in [3.63, 3.8) is 0 Å². The van der Waals surface area contributed by atoms with Gasteiger partial charge in [-0.2, -0.15) is 0 Å². The van der Waals surface area contributed by atoms with Gasteiger partial charge >= 0.3 is 0 Å². The van der Waals surface area contributed by atoms with Gasteiger partial charge in [0.25, 0.3) is 0 Å². The smallest absolute Gasteiger partial charge is 0.0594 e. The summed E-state index contributed by atoms with van der Waals surface area (Å²) in [6.45, 7) is 16.5. The maximum absolute atomic E-state index is 5.36. The lowest BCUT2D eigenvalue weighted by atomic mass is 9.96. The van der Waals surface area contributed by atoms with Gasteiger partial charge in [0.15, 0.2) is 0 Å². The third-order valence-electron chi connectivity index (χ3n) is 4.17. The topological polar surface area (TPSA) is 15.7 Å². The Morgan fingerprint density at radius 1 is 0.905 bits per heavy atom. The van der Waals surface area contributed by atoms with Gasteiger partial charge in [-0.3, -0.25) is 4.90 Å². The van der Waals surface area contributed by atoms with E-state index in [0.29, 0.717) is 0 Å². The van der Waals surface area contributed by atoms with E-state index in [9.17, 15) is 0 Å². The molecule has 0 N–H and O–H groups in total. The van der Waals surface area contributed by atoms with Crippen molar-refractivity contribution in [2.75, 3.05) is 53.0 Å². The normalized spacial score (nSPS) is 21.0. The molecule has 2 aliphatic heterocycles. The standard InChI is InChI=1S/C11H22N2O.C5H12.C2H6/c1-12-4-2-11(3-5-12)10-13-6-8-14-9-7-13;1-3-5-4-2;1-2/h11H,2-10H2,1H3;3-5H2,1-2H3;1-2H3.